The minimum absolute atomic E-state index is 0.323. The van der Waals surface area contributed by atoms with Crippen molar-refractivity contribution in [3.8, 4) is 5.75 Å². The van der Waals surface area contributed by atoms with Gasteiger partial charge in [0.2, 0.25) is 0 Å². The van der Waals surface area contributed by atoms with Crippen LogP contribution in [-0.4, -0.2) is 12.9 Å². The van der Waals surface area contributed by atoms with Crippen LogP contribution in [0.25, 0.3) is 0 Å². The highest BCUT2D eigenvalue weighted by Crippen LogP contribution is 2.54. The number of benzene rings is 1. The third-order valence-corrected chi connectivity index (χ3v) is 4.26. The van der Waals surface area contributed by atoms with Crippen molar-refractivity contribution in [2.75, 3.05) is 7.11 Å². The van der Waals surface area contributed by atoms with E-state index in [0.717, 1.165) is 36.0 Å². The Labute approximate surface area is 102 Å². The molecule has 0 spiro atoms. The number of para-hydroxylation sites is 1. The van der Waals surface area contributed by atoms with Gasteiger partial charge in [0, 0.05) is 17.9 Å². The van der Waals surface area contributed by atoms with Gasteiger partial charge in [0.15, 0.2) is 0 Å². The van der Waals surface area contributed by atoms with Gasteiger partial charge in [-0.15, -0.1) is 0 Å². The lowest BCUT2D eigenvalue weighted by atomic mass is 9.93. The minimum atomic E-state index is 0.323. The first-order valence-electron chi connectivity index (χ1n) is 6.42. The van der Waals surface area contributed by atoms with Crippen LogP contribution >= 0.6 is 0 Å². The Morgan fingerprint density at radius 3 is 2.65 bits per heavy atom. The van der Waals surface area contributed by atoms with E-state index in [2.05, 4.69) is 0 Å². The van der Waals surface area contributed by atoms with Gasteiger partial charge in [-0.2, -0.15) is 0 Å². The first kappa shape index (κ1) is 10.8. The molecule has 0 amide bonds. The first-order chi connectivity index (χ1) is 8.28. The van der Waals surface area contributed by atoms with Gasteiger partial charge in [0.25, 0.3) is 0 Å². The van der Waals surface area contributed by atoms with E-state index < -0.39 is 0 Å². The van der Waals surface area contributed by atoms with Crippen molar-refractivity contribution >= 4 is 5.78 Å². The van der Waals surface area contributed by atoms with Gasteiger partial charge in [-0.25, -0.2) is 0 Å². The molecule has 0 saturated heterocycles. The zero-order chi connectivity index (χ0) is 11.8. The second kappa shape index (κ2) is 4.17. The summed E-state index contributed by atoms with van der Waals surface area (Å²) < 4.78 is 5.29. The van der Waals surface area contributed by atoms with E-state index in [9.17, 15) is 4.79 Å². The molecule has 0 radical (unpaired) electrons. The van der Waals surface area contributed by atoms with E-state index in [0.29, 0.717) is 18.1 Å². The lowest BCUT2D eigenvalue weighted by Crippen LogP contribution is -2.15. The number of carbonyl (C=O) groups is 1. The van der Waals surface area contributed by atoms with Crippen molar-refractivity contribution in [1.29, 1.82) is 0 Å². The number of Topliss-reactive ketones (excluding diaryl/α,β-unsaturated/α-hetero) is 1. The van der Waals surface area contributed by atoms with Crippen LogP contribution in [0.15, 0.2) is 24.3 Å². The van der Waals surface area contributed by atoms with Crippen LogP contribution in [0, 0.1) is 17.8 Å². The normalized spacial score (nSPS) is 29.8. The Morgan fingerprint density at radius 2 is 1.94 bits per heavy atom. The summed E-state index contributed by atoms with van der Waals surface area (Å²) in [4.78, 5) is 12.2. The van der Waals surface area contributed by atoms with E-state index >= 15 is 0 Å². The molecule has 2 nitrogen and oxygen atoms in total. The molecule has 1 aromatic carbocycles. The number of ketones is 1. The van der Waals surface area contributed by atoms with E-state index in [1.807, 2.05) is 24.3 Å². The van der Waals surface area contributed by atoms with Crippen LogP contribution in [-0.2, 0) is 11.2 Å². The highest BCUT2D eigenvalue weighted by Gasteiger charge is 2.47. The molecule has 2 aliphatic carbocycles. The van der Waals surface area contributed by atoms with Crippen LogP contribution in [0.5, 0.6) is 5.75 Å². The summed E-state index contributed by atoms with van der Waals surface area (Å²) in [6, 6.07) is 7.83. The van der Waals surface area contributed by atoms with Gasteiger partial charge < -0.3 is 4.74 Å². The second-order valence-electron chi connectivity index (χ2n) is 5.38. The Kier molecular flexibility index (Phi) is 2.65. The number of ether oxygens (including phenoxy) is 1. The molecule has 2 aliphatic rings. The second-order valence-corrected chi connectivity index (χ2v) is 5.38. The van der Waals surface area contributed by atoms with Crippen LogP contribution in [0.2, 0.25) is 0 Å². The van der Waals surface area contributed by atoms with E-state index in [4.69, 9.17) is 4.74 Å². The van der Waals surface area contributed by atoms with Gasteiger partial charge in [0.05, 0.1) is 7.11 Å². The average molecular weight is 230 g/mol. The molecule has 17 heavy (non-hydrogen) atoms. The largest absolute Gasteiger partial charge is 0.496 e. The molecule has 0 N–H and O–H groups in total. The van der Waals surface area contributed by atoms with Crippen molar-refractivity contribution in [2.45, 2.75) is 25.7 Å². The monoisotopic (exact) mass is 230 g/mol. The van der Waals surface area contributed by atoms with Crippen molar-refractivity contribution in [3.63, 3.8) is 0 Å². The van der Waals surface area contributed by atoms with Gasteiger partial charge in [-0.05, 0) is 37.2 Å². The van der Waals surface area contributed by atoms with Gasteiger partial charge in [-0.1, -0.05) is 18.2 Å². The summed E-state index contributed by atoms with van der Waals surface area (Å²) >= 11 is 0. The molecule has 0 aromatic heterocycles. The predicted molar refractivity (Wildman–Crippen MR) is 66.0 cm³/mol. The number of hydrogen-bond donors (Lipinski definition) is 0. The fraction of sp³-hybridized carbons (Fsp3) is 0.533. The molecule has 2 saturated carbocycles. The quantitative estimate of drug-likeness (QED) is 0.795. The van der Waals surface area contributed by atoms with E-state index in [-0.39, 0.29) is 0 Å². The van der Waals surface area contributed by atoms with Crippen LogP contribution in [0.1, 0.15) is 24.8 Å². The summed E-state index contributed by atoms with van der Waals surface area (Å²) in [7, 11) is 1.66. The topological polar surface area (TPSA) is 26.3 Å². The molecule has 0 bridgehead atoms. The molecule has 2 heteroatoms. The summed E-state index contributed by atoms with van der Waals surface area (Å²) in [6.45, 7) is 0. The van der Waals surface area contributed by atoms with Crippen LogP contribution < -0.4 is 4.74 Å². The molecule has 0 heterocycles. The van der Waals surface area contributed by atoms with Crippen molar-refractivity contribution < 1.29 is 9.53 Å². The zero-order valence-electron chi connectivity index (χ0n) is 10.2. The molecule has 1 aromatic rings. The Bertz CT molecular complexity index is 428. The standard InChI is InChI=1S/C15H18O2/c1-17-15-5-3-2-4-10(15)9-14(16)13-7-11-6-12(11)8-13/h2-5,11-13H,6-9H2,1H3. The molecule has 90 valence electrons. The maximum atomic E-state index is 12.2. The zero-order valence-corrected chi connectivity index (χ0v) is 10.2. The first-order valence-corrected chi connectivity index (χ1v) is 6.42. The van der Waals surface area contributed by atoms with Gasteiger partial charge in [-0.3, -0.25) is 4.79 Å². The molecule has 0 aliphatic heterocycles. The predicted octanol–water partition coefficient (Wildman–Crippen LogP) is 2.85. The van der Waals surface area contributed by atoms with Crippen LogP contribution in [0.4, 0.5) is 0 Å². The Hall–Kier alpha value is -1.31. The van der Waals surface area contributed by atoms with E-state index in [1.54, 1.807) is 7.11 Å². The number of hydrogen-bond acceptors (Lipinski definition) is 2. The lowest BCUT2D eigenvalue weighted by molar-refractivity contribution is -0.122. The van der Waals surface area contributed by atoms with Crippen molar-refractivity contribution in [2.24, 2.45) is 17.8 Å². The van der Waals surface area contributed by atoms with Crippen molar-refractivity contribution in [3.05, 3.63) is 29.8 Å². The summed E-state index contributed by atoms with van der Waals surface area (Å²) in [6.07, 6.45) is 4.18. The van der Waals surface area contributed by atoms with Crippen LogP contribution in [0.3, 0.4) is 0 Å². The fourth-order valence-electron chi connectivity index (χ4n) is 3.16. The number of methoxy groups -OCH3 is 1. The number of carbonyl (C=O) groups excluding carboxylic acids is 1. The SMILES string of the molecule is COc1ccccc1CC(=O)C1CC2CC2C1. The molecule has 2 unspecified atom stereocenters. The molecule has 2 atom stereocenters. The highest BCUT2D eigenvalue weighted by atomic mass is 16.5. The molecule has 3 rings (SSSR count). The molecular formula is C15H18O2. The lowest BCUT2D eigenvalue weighted by Gasteiger charge is -2.12. The number of rotatable bonds is 4. The summed E-state index contributed by atoms with van der Waals surface area (Å²) in [5.74, 6) is 3.32. The third kappa shape index (κ3) is 2.08. The van der Waals surface area contributed by atoms with Gasteiger partial charge >= 0.3 is 0 Å². The highest BCUT2D eigenvalue weighted by molar-refractivity contribution is 5.84. The third-order valence-electron chi connectivity index (χ3n) is 4.26. The molecular weight excluding hydrogens is 212 g/mol. The Morgan fingerprint density at radius 1 is 1.24 bits per heavy atom. The smallest absolute Gasteiger partial charge is 0.140 e. The minimum Gasteiger partial charge on any atom is -0.496 e. The van der Waals surface area contributed by atoms with Gasteiger partial charge in [0.1, 0.15) is 11.5 Å². The summed E-state index contributed by atoms with van der Waals surface area (Å²) in [5.41, 5.74) is 1.03. The maximum absolute atomic E-state index is 12.2. The number of fused-ring (bicyclic) bond motifs is 1. The fourth-order valence-corrected chi connectivity index (χ4v) is 3.16. The Balaban J connectivity index is 1.67. The summed E-state index contributed by atoms with van der Waals surface area (Å²) in [5, 5.41) is 0. The molecule has 2 fully saturated rings. The average Bonchev–Trinajstić information content (AvgIpc) is 2.96. The van der Waals surface area contributed by atoms with Crippen molar-refractivity contribution in [1.82, 2.24) is 0 Å². The maximum Gasteiger partial charge on any atom is 0.140 e. The van der Waals surface area contributed by atoms with E-state index in [1.165, 1.54) is 6.42 Å².